The molecule has 1 rings (SSSR count). The van der Waals surface area contributed by atoms with Crippen LogP contribution in [0.5, 0.6) is 0 Å². The molecule has 0 saturated heterocycles. The topological polar surface area (TPSA) is 55.1 Å². The molecular weight excluding hydrogens is 176 g/mol. The Balaban J connectivity index is 2.59. The minimum atomic E-state index is -0.995. The molecule has 0 aliphatic heterocycles. The summed E-state index contributed by atoms with van der Waals surface area (Å²) >= 11 is 5.34. The quantitative estimate of drug-likeness (QED) is 0.535. The van der Waals surface area contributed by atoms with Gasteiger partial charge in [0.1, 0.15) is 0 Å². The average molecular weight is 185 g/mol. The molecule has 0 aliphatic rings. The van der Waals surface area contributed by atoms with E-state index in [2.05, 4.69) is 5.32 Å². The minimum Gasteiger partial charge on any atom is -0.324 e. The molecule has 0 fully saturated rings. The standard InChI is InChI=1S/C8H9ClN2O/c9-7(10)8(12)11-6-4-2-1-3-5-6/h1-5,7H,10H2,(H,11,12). The van der Waals surface area contributed by atoms with E-state index >= 15 is 0 Å². The molecule has 1 unspecified atom stereocenters. The lowest BCUT2D eigenvalue weighted by Crippen LogP contribution is -2.30. The first-order chi connectivity index (χ1) is 5.70. The highest BCUT2D eigenvalue weighted by Gasteiger charge is 2.08. The lowest BCUT2D eigenvalue weighted by molar-refractivity contribution is -0.115. The average Bonchev–Trinajstić information content (AvgIpc) is 2.06. The zero-order chi connectivity index (χ0) is 8.97. The van der Waals surface area contributed by atoms with Gasteiger partial charge in [0.2, 0.25) is 0 Å². The van der Waals surface area contributed by atoms with Crippen LogP contribution in [0.15, 0.2) is 30.3 Å². The first-order valence-corrected chi connectivity index (χ1v) is 3.89. The number of para-hydroxylation sites is 1. The maximum absolute atomic E-state index is 10.9. The monoisotopic (exact) mass is 184 g/mol. The summed E-state index contributed by atoms with van der Waals surface area (Å²) in [5.41, 5.74) is 4.84. The summed E-state index contributed by atoms with van der Waals surface area (Å²) in [5, 5.41) is 2.55. The van der Waals surface area contributed by atoms with Gasteiger partial charge in [0.05, 0.1) is 0 Å². The van der Waals surface area contributed by atoms with Crippen molar-refractivity contribution in [2.24, 2.45) is 5.73 Å². The van der Waals surface area contributed by atoms with Crippen molar-refractivity contribution in [1.82, 2.24) is 0 Å². The van der Waals surface area contributed by atoms with E-state index in [1.165, 1.54) is 0 Å². The van der Waals surface area contributed by atoms with Crippen LogP contribution in [0.2, 0.25) is 0 Å². The van der Waals surface area contributed by atoms with Crippen molar-refractivity contribution in [3.63, 3.8) is 0 Å². The molecule has 1 aromatic carbocycles. The van der Waals surface area contributed by atoms with Crippen LogP contribution in [0.25, 0.3) is 0 Å². The van der Waals surface area contributed by atoms with E-state index in [4.69, 9.17) is 17.3 Å². The lowest BCUT2D eigenvalue weighted by atomic mass is 10.3. The van der Waals surface area contributed by atoms with Crippen molar-refractivity contribution in [2.45, 2.75) is 5.50 Å². The van der Waals surface area contributed by atoms with Crippen LogP contribution in [-0.4, -0.2) is 11.4 Å². The molecule has 0 saturated carbocycles. The molecule has 64 valence electrons. The Morgan fingerprint density at radius 3 is 2.50 bits per heavy atom. The van der Waals surface area contributed by atoms with Crippen LogP contribution in [0.4, 0.5) is 5.69 Å². The van der Waals surface area contributed by atoms with E-state index in [0.29, 0.717) is 5.69 Å². The predicted octanol–water partition coefficient (Wildman–Crippen LogP) is 1.15. The number of alkyl halides is 1. The Morgan fingerprint density at radius 1 is 1.42 bits per heavy atom. The summed E-state index contributed by atoms with van der Waals surface area (Å²) < 4.78 is 0. The highest BCUT2D eigenvalue weighted by Crippen LogP contribution is 2.05. The molecule has 3 nitrogen and oxygen atoms in total. The molecule has 0 aliphatic carbocycles. The van der Waals surface area contributed by atoms with E-state index < -0.39 is 11.4 Å². The normalized spacial score (nSPS) is 12.2. The van der Waals surface area contributed by atoms with Crippen molar-refractivity contribution in [2.75, 3.05) is 5.32 Å². The van der Waals surface area contributed by atoms with E-state index in [9.17, 15) is 4.79 Å². The first kappa shape index (κ1) is 9.03. The summed E-state index contributed by atoms with van der Waals surface area (Å²) in [6, 6.07) is 9.01. The molecule has 0 aromatic heterocycles. The smallest absolute Gasteiger partial charge is 0.256 e. The van der Waals surface area contributed by atoms with Gasteiger partial charge in [0.25, 0.3) is 5.91 Å². The zero-order valence-electron chi connectivity index (χ0n) is 6.33. The van der Waals surface area contributed by atoms with Crippen LogP contribution in [-0.2, 0) is 4.79 Å². The van der Waals surface area contributed by atoms with E-state index in [1.54, 1.807) is 12.1 Å². The third kappa shape index (κ3) is 2.53. The van der Waals surface area contributed by atoms with Crippen LogP contribution >= 0.6 is 11.6 Å². The third-order valence-electron chi connectivity index (χ3n) is 1.29. The lowest BCUT2D eigenvalue weighted by Gasteiger charge is -2.04. The predicted molar refractivity (Wildman–Crippen MR) is 48.9 cm³/mol. The summed E-state index contributed by atoms with van der Waals surface area (Å²) in [5.74, 6) is -0.400. The molecule has 0 bridgehead atoms. The van der Waals surface area contributed by atoms with Gasteiger partial charge >= 0.3 is 0 Å². The maximum Gasteiger partial charge on any atom is 0.256 e. The molecule has 0 heterocycles. The van der Waals surface area contributed by atoms with Gasteiger partial charge in [-0.25, -0.2) is 0 Å². The van der Waals surface area contributed by atoms with Gasteiger partial charge in [0.15, 0.2) is 5.50 Å². The van der Waals surface area contributed by atoms with Crippen LogP contribution in [0.1, 0.15) is 0 Å². The number of amides is 1. The van der Waals surface area contributed by atoms with Gasteiger partial charge in [-0.2, -0.15) is 0 Å². The Labute approximate surface area is 75.5 Å². The SMILES string of the molecule is NC(Cl)C(=O)Nc1ccccc1. The molecule has 1 amide bonds. The third-order valence-corrected chi connectivity index (χ3v) is 1.49. The van der Waals surface area contributed by atoms with Gasteiger partial charge in [-0.05, 0) is 12.1 Å². The zero-order valence-corrected chi connectivity index (χ0v) is 7.08. The fourth-order valence-electron chi connectivity index (χ4n) is 0.733. The van der Waals surface area contributed by atoms with Crippen LogP contribution in [0, 0.1) is 0 Å². The summed E-state index contributed by atoms with van der Waals surface area (Å²) in [4.78, 5) is 10.9. The van der Waals surface area contributed by atoms with Crippen molar-refractivity contribution in [1.29, 1.82) is 0 Å². The van der Waals surface area contributed by atoms with Crippen LogP contribution < -0.4 is 11.1 Å². The van der Waals surface area contributed by atoms with E-state index in [0.717, 1.165) is 0 Å². The number of hydrogen-bond acceptors (Lipinski definition) is 2. The highest BCUT2D eigenvalue weighted by molar-refractivity contribution is 6.31. The molecule has 12 heavy (non-hydrogen) atoms. The fourth-order valence-corrected chi connectivity index (χ4v) is 0.787. The van der Waals surface area contributed by atoms with Crippen molar-refractivity contribution in [3.8, 4) is 0 Å². The second-order valence-corrected chi connectivity index (χ2v) is 2.73. The molecule has 0 radical (unpaired) electrons. The second-order valence-electron chi connectivity index (χ2n) is 2.26. The summed E-state index contributed by atoms with van der Waals surface area (Å²) in [7, 11) is 0. The fraction of sp³-hybridized carbons (Fsp3) is 0.125. The van der Waals surface area contributed by atoms with Gasteiger partial charge in [0, 0.05) is 5.69 Å². The van der Waals surface area contributed by atoms with Crippen molar-refractivity contribution >= 4 is 23.2 Å². The number of anilines is 1. The Bertz CT molecular complexity index is 261. The van der Waals surface area contributed by atoms with E-state index in [-0.39, 0.29) is 0 Å². The summed E-state index contributed by atoms with van der Waals surface area (Å²) in [6.45, 7) is 0. The van der Waals surface area contributed by atoms with Crippen LogP contribution in [0.3, 0.4) is 0 Å². The Morgan fingerprint density at radius 2 is 2.00 bits per heavy atom. The van der Waals surface area contributed by atoms with Crippen molar-refractivity contribution in [3.05, 3.63) is 30.3 Å². The van der Waals surface area contributed by atoms with Gasteiger partial charge in [-0.15, -0.1) is 0 Å². The largest absolute Gasteiger partial charge is 0.324 e. The van der Waals surface area contributed by atoms with E-state index in [1.807, 2.05) is 18.2 Å². The molecule has 0 spiro atoms. The molecule has 1 atom stereocenters. The number of benzene rings is 1. The number of carbonyl (C=O) groups excluding carboxylic acids is 1. The number of rotatable bonds is 2. The molecular formula is C8H9ClN2O. The Hall–Kier alpha value is -1.06. The first-order valence-electron chi connectivity index (χ1n) is 3.46. The number of carbonyl (C=O) groups is 1. The number of nitrogens with two attached hydrogens (primary N) is 1. The van der Waals surface area contributed by atoms with Crippen molar-refractivity contribution < 1.29 is 4.79 Å². The van der Waals surface area contributed by atoms with Gasteiger partial charge in [-0.3, -0.25) is 4.79 Å². The number of halogens is 1. The van der Waals surface area contributed by atoms with Gasteiger partial charge < -0.3 is 11.1 Å². The van der Waals surface area contributed by atoms with Gasteiger partial charge in [-0.1, -0.05) is 29.8 Å². The summed E-state index contributed by atoms with van der Waals surface area (Å²) in [6.07, 6.45) is 0. The molecule has 3 N–H and O–H groups in total. The minimum absolute atomic E-state index is 0.400. The molecule has 4 heteroatoms. The molecule has 1 aromatic rings. The Kier molecular flexibility index (Phi) is 3.08. The maximum atomic E-state index is 10.9. The highest BCUT2D eigenvalue weighted by atomic mass is 35.5. The second kappa shape index (κ2) is 4.09. The number of nitrogens with one attached hydrogen (secondary N) is 1. The number of hydrogen-bond donors (Lipinski definition) is 2.